The van der Waals surface area contributed by atoms with Gasteiger partial charge in [-0.15, -0.1) is 0 Å². The van der Waals surface area contributed by atoms with Gasteiger partial charge in [-0.2, -0.15) is 0 Å². The minimum absolute atomic E-state index is 0.0483. The molecule has 1 atom stereocenters. The van der Waals surface area contributed by atoms with Crippen LogP contribution in [0, 0.1) is 24.4 Å². The second-order valence-corrected chi connectivity index (χ2v) is 8.35. The number of nitrogens with zero attached hydrogens (tertiary/aromatic N) is 1. The summed E-state index contributed by atoms with van der Waals surface area (Å²) in [6, 6.07) is 5.91. The fourth-order valence-corrected chi connectivity index (χ4v) is 4.79. The number of rotatable bonds is 2. The number of amides is 1. The number of H-pyrrole nitrogens is 2. The van der Waals surface area contributed by atoms with Crippen molar-refractivity contribution in [2.75, 3.05) is 7.05 Å². The molecule has 0 fully saturated rings. The summed E-state index contributed by atoms with van der Waals surface area (Å²) in [4.78, 5) is 33.1. The molecule has 2 heterocycles. The van der Waals surface area contributed by atoms with E-state index < -0.39 is 29.1 Å². The van der Waals surface area contributed by atoms with Crippen molar-refractivity contribution in [1.29, 1.82) is 0 Å². The molecule has 0 saturated carbocycles. The SMILES string of the molecule is Cc1cc(F)cc2[nH]c(C(=O)N(C)[C@@H]3CCCc4[nH]c(=O)c5cc(F)c(F)cc5c43)cc12. The van der Waals surface area contributed by atoms with Gasteiger partial charge in [0.05, 0.1) is 11.4 Å². The van der Waals surface area contributed by atoms with E-state index in [2.05, 4.69) is 9.97 Å². The number of hydrogen-bond acceptors (Lipinski definition) is 2. The van der Waals surface area contributed by atoms with Crippen LogP contribution in [0.15, 0.2) is 35.1 Å². The molecule has 2 aromatic carbocycles. The van der Waals surface area contributed by atoms with Crippen molar-refractivity contribution < 1.29 is 18.0 Å². The van der Waals surface area contributed by atoms with Gasteiger partial charge in [-0.25, -0.2) is 13.2 Å². The van der Waals surface area contributed by atoms with Gasteiger partial charge in [0.1, 0.15) is 11.5 Å². The van der Waals surface area contributed by atoms with E-state index in [9.17, 15) is 22.8 Å². The molecule has 1 amide bonds. The predicted molar refractivity (Wildman–Crippen MR) is 115 cm³/mol. The Morgan fingerprint density at radius 2 is 1.72 bits per heavy atom. The fourth-order valence-electron chi connectivity index (χ4n) is 4.79. The number of carbonyl (C=O) groups excluding carboxylic acids is 1. The molecule has 8 heteroatoms. The average molecular weight is 439 g/mol. The highest BCUT2D eigenvalue weighted by atomic mass is 19.2. The van der Waals surface area contributed by atoms with Crippen LogP contribution in [0.25, 0.3) is 21.7 Å². The van der Waals surface area contributed by atoms with Crippen LogP contribution in [0.3, 0.4) is 0 Å². The highest BCUT2D eigenvalue weighted by Crippen LogP contribution is 2.38. The number of benzene rings is 2. The van der Waals surface area contributed by atoms with Crippen LogP contribution >= 0.6 is 0 Å². The smallest absolute Gasteiger partial charge is 0.270 e. The number of carbonyl (C=O) groups is 1. The summed E-state index contributed by atoms with van der Waals surface area (Å²) >= 11 is 0. The number of nitrogens with one attached hydrogen (secondary N) is 2. The average Bonchev–Trinajstić information content (AvgIpc) is 3.18. The van der Waals surface area contributed by atoms with E-state index in [1.807, 2.05) is 0 Å². The topological polar surface area (TPSA) is 69.0 Å². The molecule has 1 aliphatic carbocycles. The Morgan fingerprint density at radius 1 is 1.00 bits per heavy atom. The maximum Gasteiger partial charge on any atom is 0.270 e. The maximum atomic E-state index is 14.1. The first-order chi connectivity index (χ1) is 15.2. The van der Waals surface area contributed by atoms with Gasteiger partial charge in [0, 0.05) is 29.2 Å². The Kier molecular flexibility index (Phi) is 4.62. The first-order valence-electron chi connectivity index (χ1n) is 10.3. The zero-order valence-corrected chi connectivity index (χ0v) is 17.5. The Labute approximate surface area is 180 Å². The van der Waals surface area contributed by atoms with Crippen LogP contribution in [0.1, 0.15) is 46.2 Å². The largest absolute Gasteiger partial charge is 0.350 e. The summed E-state index contributed by atoms with van der Waals surface area (Å²) in [5.41, 5.74) is 2.30. The molecule has 2 N–H and O–H groups in total. The number of aromatic nitrogens is 2. The van der Waals surface area contributed by atoms with E-state index in [4.69, 9.17) is 0 Å². The lowest BCUT2D eigenvalue weighted by Crippen LogP contribution is -2.34. The first-order valence-corrected chi connectivity index (χ1v) is 10.3. The van der Waals surface area contributed by atoms with E-state index in [1.165, 1.54) is 17.0 Å². The molecule has 4 aromatic rings. The van der Waals surface area contributed by atoms with Crippen LogP contribution in [0.2, 0.25) is 0 Å². The lowest BCUT2D eigenvalue weighted by molar-refractivity contribution is 0.0710. The summed E-state index contributed by atoms with van der Waals surface area (Å²) in [6.45, 7) is 1.77. The number of halogens is 3. The minimum Gasteiger partial charge on any atom is -0.350 e. The van der Waals surface area contributed by atoms with Gasteiger partial charge in [0.2, 0.25) is 0 Å². The van der Waals surface area contributed by atoms with E-state index in [0.717, 1.165) is 23.9 Å². The quantitative estimate of drug-likeness (QED) is 0.467. The summed E-state index contributed by atoms with van der Waals surface area (Å²) < 4.78 is 41.7. The summed E-state index contributed by atoms with van der Waals surface area (Å²) in [6.07, 6.45) is 1.89. The lowest BCUT2D eigenvalue weighted by Gasteiger charge is -2.33. The van der Waals surface area contributed by atoms with Gasteiger partial charge in [0.15, 0.2) is 11.6 Å². The molecule has 0 aliphatic heterocycles. The molecule has 164 valence electrons. The zero-order chi connectivity index (χ0) is 22.7. The van der Waals surface area contributed by atoms with E-state index >= 15 is 0 Å². The lowest BCUT2D eigenvalue weighted by atomic mass is 9.86. The fraction of sp³-hybridized carbons (Fsp3) is 0.250. The molecular formula is C24H20F3N3O2. The van der Waals surface area contributed by atoms with Crippen molar-refractivity contribution >= 4 is 27.6 Å². The minimum atomic E-state index is -1.10. The van der Waals surface area contributed by atoms with Crippen LogP contribution in [-0.2, 0) is 6.42 Å². The number of pyridine rings is 1. The van der Waals surface area contributed by atoms with Gasteiger partial charge in [-0.1, -0.05) is 0 Å². The number of aromatic amines is 2. The van der Waals surface area contributed by atoms with Crippen LogP contribution in [0.4, 0.5) is 13.2 Å². The van der Waals surface area contributed by atoms with Gasteiger partial charge < -0.3 is 14.9 Å². The predicted octanol–water partition coefficient (Wildman–Crippen LogP) is 4.88. The molecule has 0 radical (unpaired) electrons. The number of hydrogen-bond donors (Lipinski definition) is 2. The molecule has 0 unspecified atom stereocenters. The molecule has 5 rings (SSSR count). The van der Waals surface area contributed by atoms with Crippen molar-refractivity contribution in [3.8, 4) is 0 Å². The van der Waals surface area contributed by atoms with Crippen molar-refractivity contribution in [3.63, 3.8) is 0 Å². The number of aryl methyl sites for hydroxylation is 2. The molecule has 0 spiro atoms. The van der Waals surface area contributed by atoms with Crippen molar-refractivity contribution in [2.24, 2.45) is 0 Å². The molecule has 2 aromatic heterocycles. The standard InChI is InChI=1S/C24H20F3N3O2/c1-11-6-12(25)7-19-13(11)10-20(28-19)24(32)30(2)21-5-3-4-18-22(21)14-8-16(26)17(27)9-15(14)23(31)29-18/h6-10,21,28H,3-5H2,1-2H3,(H,29,31)/t21-/m1/s1. The molecule has 5 nitrogen and oxygen atoms in total. The second kappa shape index (κ2) is 7.25. The second-order valence-electron chi connectivity index (χ2n) is 8.35. The summed E-state index contributed by atoms with van der Waals surface area (Å²) in [5, 5.41) is 1.10. The third-order valence-corrected chi connectivity index (χ3v) is 6.35. The van der Waals surface area contributed by atoms with Crippen molar-refractivity contribution in [2.45, 2.75) is 32.2 Å². The van der Waals surface area contributed by atoms with Gasteiger partial charge in [-0.3, -0.25) is 9.59 Å². The molecule has 1 aliphatic rings. The normalized spacial score (nSPS) is 15.8. The van der Waals surface area contributed by atoms with Gasteiger partial charge in [-0.05, 0) is 67.5 Å². The molecule has 0 saturated heterocycles. The Hall–Kier alpha value is -3.55. The van der Waals surface area contributed by atoms with Crippen LogP contribution in [-0.4, -0.2) is 27.8 Å². The van der Waals surface area contributed by atoms with E-state index in [-0.39, 0.29) is 11.3 Å². The Balaban J connectivity index is 1.62. The van der Waals surface area contributed by atoms with E-state index in [0.29, 0.717) is 46.3 Å². The first kappa shape index (κ1) is 20.4. The third kappa shape index (κ3) is 3.09. The highest BCUT2D eigenvalue weighted by molar-refractivity contribution is 5.99. The summed E-state index contributed by atoms with van der Waals surface area (Å²) in [5.74, 6) is -2.85. The Morgan fingerprint density at radius 3 is 2.47 bits per heavy atom. The highest BCUT2D eigenvalue weighted by Gasteiger charge is 2.31. The maximum absolute atomic E-state index is 14.1. The van der Waals surface area contributed by atoms with Crippen molar-refractivity contribution in [1.82, 2.24) is 14.9 Å². The van der Waals surface area contributed by atoms with Gasteiger partial charge in [0.25, 0.3) is 11.5 Å². The van der Waals surface area contributed by atoms with Crippen molar-refractivity contribution in [3.05, 3.63) is 80.7 Å². The molecule has 32 heavy (non-hydrogen) atoms. The monoisotopic (exact) mass is 439 g/mol. The summed E-state index contributed by atoms with van der Waals surface area (Å²) in [7, 11) is 1.64. The molecular weight excluding hydrogens is 419 g/mol. The Bertz CT molecular complexity index is 1470. The third-order valence-electron chi connectivity index (χ3n) is 6.35. The van der Waals surface area contributed by atoms with E-state index in [1.54, 1.807) is 20.0 Å². The zero-order valence-electron chi connectivity index (χ0n) is 17.5. The van der Waals surface area contributed by atoms with Crippen LogP contribution in [0.5, 0.6) is 0 Å². The molecule has 0 bridgehead atoms. The van der Waals surface area contributed by atoms with Crippen LogP contribution < -0.4 is 5.56 Å². The van der Waals surface area contributed by atoms with Gasteiger partial charge >= 0.3 is 0 Å². The number of fused-ring (bicyclic) bond motifs is 4.